The molecule has 2 amide bonds. The van der Waals surface area contributed by atoms with Gasteiger partial charge in [-0.15, -0.1) is 0 Å². The Hall–Kier alpha value is -2.36. The van der Waals surface area contributed by atoms with Gasteiger partial charge in [-0.2, -0.15) is 5.21 Å². The number of amides is 2. The van der Waals surface area contributed by atoms with Crippen molar-refractivity contribution < 1.29 is 29.2 Å². The molecule has 4 N–H and O–H groups in total. The van der Waals surface area contributed by atoms with E-state index in [1.165, 1.54) is 12.3 Å². The lowest BCUT2D eigenvalue weighted by Crippen LogP contribution is -2.50. The van der Waals surface area contributed by atoms with E-state index in [0.29, 0.717) is 0 Å². The highest BCUT2D eigenvalue weighted by Crippen LogP contribution is 2.23. The molecule has 19 heavy (non-hydrogen) atoms. The first kappa shape index (κ1) is 13.1. The maximum Gasteiger partial charge on any atom is 0.407 e. The molecule has 9 nitrogen and oxygen atoms in total. The SMILES string of the molecule is NNc1ccncc1C(=O)O[N+]1(O)C(=O)CCC1=O. The van der Waals surface area contributed by atoms with Gasteiger partial charge in [0, 0.05) is 12.4 Å². The van der Waals surface area contributed by atoms with Crippen LogP contribution in [0.2, 0.25) is 0 Å². The Morgan fingerprint density at radius 1 is 1.42 bits per heavy atom. The van der Waals surface area contributed by atoms with Gasteiger partial charge in [0.1, 0.15) is 10.4 Å². The van der Waals surface area contributed by atoms with Crippen molar-refractivity contribution in [2.24, 2.45) is 5.84 Å². The number of nitrogens with zero attached hydrogens (tertiary/aromatic N) is 2. The van der Waals surface area contributed by atoms with Crippen molar-refractivity contribution in [2.75, 3.05) is 5.43 Å². The molecule has 1 aliphatic heterocycles. The van der Waals surface area contributed by atoms with Crippen molar-refractivity contribution in [3.05, 3.63) is 24.0 Å². The number of nitrogen functional groups attached to an aromatic ring is 1. The number of aromatic nitrogens is 1. The zero-order chi connectivity index (χ0) is 14.0. The van der Waals surface area contributed by atoms with E-state index in [0.717, 1.165) is 6.20 Å². The highest BCUT2D eigenvalue weighted by Gasteiger charge is 2.55. The molecule has 0 atom stereocenters. The number of rotatable bonds is 3. The molecule has 9 heteroatoms. The molecule has 0 aromatic carbocycles. The highest BCUT2D eigenvalue weighted by atomic mass is 17.0. The minimum atomic E-state index is -1.97. The van der Waals surface area contributed by atoms with Crippen molar-refractivity contribution in [3.63, 3.8) is 0 Å². The number of pyridine rings is 1. The normalized spacial score (nSPS) is 17.4. The van der Waals surface area contributed by atoms with E-state index in [2.05, 4.69) is 15.2 Å². The first-order valence-corrected chi connectivity index (χ1v) is 5.32. The summed E-state index contributed by atoms with van der Waals surface area (Å²) in [5.41, 5.74) is 2.32. The molecule has 100 valence electrons. The second-order valence-corrected chi connectivity index (χ2v) is 3.81. The Bertz CT molecular complexity index is 543. The fourth-order valence-corrected chi connectivity index (χ4v) is 1.61. The summed E-state index contributed by atoms with van der Waals surface area (Å²) < 4.78 is 0. The lowest BCUT2D eigenvalue weighted by atomic mass is 10.2. The molecule has 2 heterocycles. The van der Waals surface area contributed by atoms with Gasteiger partial charge in [0.25, 0.3) is 0 Å². The van der Waals surface area contributed by atoms with Gasteiger partial charge >= 0.3 is 17.8 Å². The van der Waals surface area contributed by atoms with Crippen LogP contribution in [0, 0.1) is 0 Å². The maximum absolute atomic E-state index is 11.8. The lowest BCUT2D eigenvalue weighted by molar-refractivity contribution is -1.12. The monoisotopic (exact) mass is 267 g/mol. The Morgan fingerprint density at radius 3 is 2.63 bits per heavy atom. The molecule has 0 aliphatic carbocycles. The van der Waals surface area contributed by atoms with Gasteiger partial charge < -0.3 is 5.43 Å². The molecule has 2 rings (SSSR count). The van der Waals surface area contributed by atoms with Crippen LogP contribution in [-0.4, -0.2) is 32.8 Å². The first-order valence-electron chi connectivity index (χ1n) is 5.32. The number of nitrogens with two attached hydrogens (primary N) is 1. The third kappa shape index (κ3) is 2.17. The topological polar surface area (TPSA) is 132 Å². The van der Waals surface area contributed by atoms with Crippen LogP contribution in [0.15, 0.2) is 18.5 Å². The predicted octanol–water partition coefficient (Wildman–Crippen LogP) is -0.508. The average Bonchev–Trinajstić information content (AvgIpc) is 2.66. The number of hydrogen-bond acceptors (Lipinski definition) is 8. The van der Waals surface area contributed by atoms with Crippen LogP contribution in [0.3, 0.4) is 0 Å². The highest BCUT2D eigenvalue weighted by molar-refractivity contribution is 5.97. The van der Waals surface area contributed by atoms with Gasteiger partial charge in [0.05, 0.1) is 18.5 Å². The minimum Gasteiger partial charge on any atom is -0.323 e. The Balaban J connectivity index is 2.26. The molecule has 1 aromatic heterocycles. The number of hydroxylamine groups is 4. The van der Waals surface area contributed by atoms with E-state index in [9.17, 15) is 19.6 Å². The molecule has 0 bridgehead atoms. The van der Waals surface area contributed by atoms with Crippen LogP contribution in [0.25, 0.3) is 0 Å². The maximum atomic E-state index is 11.8. The van der Waals surface area contributed by atoms with Crippen molar-refractivity contribution in [1.29, 1.82) is 0 Å². The second-order valence-electron chi connectivity index (χ2n) is 3.81. The lowest BCUT2D eigenvalue weighted by Gasteiger charge is -2.16. The van der Waals surface area contributed by atoms with Crippen molar-refractivity contribution in [2.45, 2.75) is 12.8 Å². The van der Waals surface area contributed by atoms with Crippen LogP contribution in [0.1, 0.15) is 23.2 Å². The quantitative estimate of drug-likeness (QED) is 0.219. The standard InChI is InChI=1S/C10H10N4O5/c11-13-7-3-4-12-5-6(7)10(17)19-14(18)8(15)1-2-9(14)16/h3-5,18H,1-2,11H2/p+1. The summed E-state index contributed by atoms with van der Waals surface area (Å²) in [4.78, 5) is 40.9. The molecular weight excluding hydrogens is 256 g/mol. The molecule has 1 fully saturated rings. The van der Waals surface area contributed by atoms with E-state index < -0.39 is 22.6 Å². The van der Waals surface area contributed by atoms with E-state index in [-0.39, 0.29) is 24.1 Å². The summed E-state index contributed by atoms with van der Waals surface area (Å²) in [5.74, 6) is 2.31. The number of anilines is 1. The first-order chi connectivity index (χ1) is 8.99. The van der Waals surface area contributed by atoms with E-state index in [1.54, 1.807) is 0 Å². The van der Waals surface area contributed by atoms with Crippen LogP contribution < -0.4 is 11.3 Å². The van der Waals surface area contributed by atoms with Crippen LogP contribution in [0.5, 0.6) is 0 Å². The largest absolute Gasteiger partial charge is 0.407 e. The molecular formula is C10H11N4O5+. The summed E-state index contributed by atoms with van der Waals surface area (Å²) in [7, 11) is 0. The van der Waals surface area contributed by atoms with Crippen molar-refractivity contribution in [1.82, 2.24) is 4.98 Å². The van der Waals surface area contributed by atoms with Crippen LogP contribution in [0.4, 0.5) is 5.69 Å². The Labute approximate surface area is 107 Å². The summed E-state index contributed by atoms with van der Waals surface area (Å²) in [6.07, 6.45) is 2.14. The van der Waals surface area contributed by atoms with Crippen LogP contribution in [-0.2, 0) is 14.4 Å². The van der Waals surface area contributed by atoms with Crippen molar-refractivity contribution in [3.8, 4) is 0 Å². The number of quaternary nitrogens is 1. The Kier molecular flexibility index (Phi) is 3.25. The Morgan fingerprint density at radius 2 is 2.05 bits per heavy atom. The fourth-order valence-electron chi connectivity index (χ4n) is 1.61. The average molecular weight is 267 g/mol. The van der Waals surface area contributed by atoms with Gasteiger partial charge in [0.2, 0.25) is 0 Å². The number of nitrogens with one attached hydrogen (secondary N) is 1. The molecule has 0 unspecified atom stereocenters. The third-order valence-electron chi connectivity index (χ3n) is 2.64. The number of imide groups is 1. The summed E-state index contributed by atoms with van der Waals surface area (Å²) in [5, 5.41) is 9.75. The molecule has 1 saturated heterocycles. The summed E-state index contributed by atoms with van der Waals surface area (Å²) in [6, 6.07) is 1.39. The predicted molar refractivity (Wildman–Crippen MR) is 58.8 cm³/mol. The summed E-state index contributed by atoms with van der Waals surface area (Å²) >= 11 is 0. The third-order valence-corrected chi connectivity index (χ3v) is 2.64. The second kappa shape index (κ2) is 4.72. The molecule has 0 saturated carbocycles. The van der Waals surface area contributed by atoms with E-state index in [1.807, 2.05) is 0 Å². The van der Waals surface area contributed by atoms with Gasteiger partial charge in [-0.1, -0.05) is 0 Å². The fraction of sp³-hybridized carbons (Fsp3) is 0.200. The van der Waals surface area contributed by atoms with Gasteiger partial charge in [0.15, 0.2) is 0 Å². The summed E-state index contributed by atoms with van der Waals surface area (Å²) in [6.45, 7) is 0. The van der Waals surface area contributed by atoms with Gasteiger partial charge in [-0.3, -0.25) is 10.8 Å². The van der Waals surface area contributed by atoms with Gasteiger partial charge in [-0.25, -0.2) is 19.2 Å². The van der Waals surface area contributed by atoms with Gasteiger partial charge in [-0.05, 0) is 6.07 Å². The zero-order valence-corrected chi connectivity index (χ0v) is 9.70. The van der Waals surface area contributed by atoms with Crippen molar-refractivity contribution >= 4 is 23.5 Å². The number of carbonyl (C=O) groups is 3. The smallest absolute Gasteiger partial charge is 0.323 e. The zero-order valence-electron chi connectivity index (χ0n) is 9.70. The number of hydrogen-bond donors (Lipinski definition) is 3. The van der Waals surface area contributed by atoms with Crippen LogP contribution >= 0.6 is 0 Å². The molecule has 1 aromatic rings. The number of carbonyl (C=O) groups excluding carboxylic acids is 3. The number of hydrazine groups is 1. The van der Waals surface area contributed by atoms with E-state index >= 15 is 0 Å². The molecule has 0 radical (unpaired) electrons. The van der Waals surface area contributed by atoms with E-state index in [4.69, 9.17) is 5.84 Å². The molecule has 0 spiro atoms. The minimum absolute atomic E-state index is 0.107. The molecule has 1 aliphatic rings.